The number of rotatable bonds is 9. The van der Waals surface area contributed by atoms with E-state index in [1.54, 1.807) is 37.3 Å². The number of aryl methyl sites for hydroxylation is 1. The zero-order valence-electron chi connectivity index (χ0n) is 20.2. The fourth-order valence-corrected chi connectivity index (χ4v) is 5.30. The molecule has 9 nitrogen and oxygen atoms in total. The molecule has 2 heterocycles. The molecule has 0 bridgehead atoms. The van der Waals surface area contributed by atoms with Crippen molar-refractivity contribution in [1.29, 1.82) is 5.26 Å². The largest absolute Gasteiger partial charge is 0.497 e. The fourth-order valence-electron chi connectivity index (χ4n) is 4.13. The van der Waals surface area contributed by atoms with Gasteiger partial charge in [-0.1, -0.05) is 19.1 Å². The molecule has 1 saturated heterocycles. The number of Topliss-reactive ketones (excluding diaryl/α,β-unsaturated/α-hetero) is 1. The van der Waals surface area contributed by atoms with E-state index in [0.29, 0.717) is 72.7 Å². The molecular weight excluding hydrogens is 468 g/mol. The van der Waals surface area contributed by atoms with Crippen LogP contribution in [0.25, 0.3) is 0 Å². The number of carbonyl (C=O) groups is 2. The predicted molar refractivity (Wildman–Crippen MR) is 132 cm³/mol. The van der Waals surface area contributed by atoms with E-state index in [0.717, 1.165) is 0 Å². The molecule has 1 aliphatic rings. The number of nitrogens with one attached hydrogen (secondary N) is 1. The standard InChI is InChI=1S/C25H30N4O5S/c1-4-5-23(30)22-14-20(15-26)24(27-17(22)2)29-12-10-19(11-13-29)25(31)28-35(32,33)16-18-6-8-21(34-3)9-7-18/h6-9,14,19H,4-5,10-13,16H2,1-3H3,(H,28,31). The van der Waals surface area contributed by atoms with Crippen molar-refractivity contribution in [1.82, 2.24) is 9.71 Å². The first-order chi connectivity index (χ1) is 16.7. The van der Waals surface area contributed by atoms with E-state index in [4.69, 9.17) is 4.74 Å². The van der Waals surface area contributed by atoms with Crippen LogP contribution in [0, 0.1) is 24.2 Å². The molecule has 1 amide bonds. The number of hydrogen-bond acceptors (Lipinski definition) is 8. The summed E-state index contributed by atoms with van der Waals surface area (Å²) in [5, 5.41) is 9.63. The van der Waals surface area contributed by atoms with Gasteiger partial charge in [0.2, 0.25) is 15.9 Å². The highest BCUT2D eigenvalue weighted by Crippen LogP contribution is 2.27. The van der Waals surface area contributed by atoms with E-state index < -0.39 is 21.8 Å². The van der Waals surface area contributed by atoms with E-state index in [1.165, 1.54) is 7.11 Å². The van der Waals surface area contributed by atoms with Gasteiger partial charge in [-0.3, -0.25) is 14.3 Å². The van der Waals surface area contributed by atoms with Crippen LogP contribution < -0.4 is 14.4 Å². The number of pyridine rings is 1. The average Bonchev–Trinajstić information content (AvgIpc) is 2.84. The summed E-state index contributed by atoms with van der Waals surface area (Å²) in [5.41, 5.74) is 1.90. The zero-order valence-corrected chi connectivity index (χ0v) is 21.0. The van der Waals surface area contributed by atoms with Crippen LogP contribution in [0.5, 0.6) is 5.75 Å². The minimum atomic E-state index is -3.84. The van der Waals surface area contributed by atoms with Crippen LogP contribution >= 0.6 is 0 Å². The third kappa shape index (κ3) is 6.57. The maximum atomic E-state index is 12.7. The first-order valence-corrected chi connectivity index (χ1v) is 13.2. The van der Waals surface area contributed by atoms with E-state index >= 15 is 0 Å². The molecule has 0 aliphatic carbocycles. The van der Waals surface area contributed by atoms with Crippen LogP contribution in [-0.2, 0) is 20.6 Å². The number of nitriles is 1. The number of ketones is 1. The van der Waals surface area contributed by atoms with Crippen molar-refractivity contribution in [3.8, 4) is 11.8 Å². The van der Waals surface area contributed by atoms with Crippen molar-refractivity contribution < 1.29 is 22.7 Å². The number of sulfonamides is 1. The predicted octanol–water partition coefficient (Wildman–Crippen LogP) is 3.12. The van der Waals surface area contributed by atoms with Gasteiger partial charge in [0, 0.05) is 31.0 Å². The molecular formula is C25H30N4O5S. The summed E-state index contributed by atoms with van der Waals surface area (Å²) in [6.45, 7) is 4.56. The molecule has 35 heavy (non-hydrogen) atoms. The molecule has 2 aromatic rings. The number of anilines is 1. The van der Waals surface area contributed by atoms with Gasteiger partial charge in [0.25, 0.3) is 0 Å². The van der Waals surface area contributed by atoms with Crippen LogP contribution in [0.2, 0.25) is 0 Å². The molecule has 1 aromatic carbocycles. The van der Waals surface area contributed by atoms with Crippen molar-refractivity contribution in [2.45, 2.75) is 45.3 Å². The van der Waals surface area contributed by atoms with Crippen molar-refractivity contribution in [2.24, 2.45) is 5.92 Å². The lowest BCUT2D eigenvalue weighted by Gasteiger charge is -2.32. The number of hydrogen-bond donors (Lipinski definition) is 1. The van der Waals surface area contributed by atoms with Crippen molar-refractivity contribution in [3.05, 3.63) is 52.7 Å². The second-order valence-electron chi connectivity index (χ2n) is 8.61. The smallest absolute Gasteiger partial charge is 0.239 e. The van der Waals surface area contributed by atoms with Crippen molar-refractivity contribution in [3.63, 3.8) is 0 Å². The molecule has 0 atom stereocenters. The summed E-state index contributed by atoms with van der Waals surface area (Å²) in [5.74, 6) is -0.221. The molecule has 0 radical (unpaired) electrons. The zero-order chi connectivity index (χ0) is 25.6. The average molecular weight is 499 g/mol. The third-order valence-electron chi connectivity index (χ3n) is 6.03. The number of aromatic nitrogens is 1. The molecule has 0 unspecified atom stereocenters. The third-order valence-corrected chi connectivity index (χ3v) is 7.25. The van der Waals surface area contributed by atoms with Crippen molar-refractivity contribution in [2.75, 3.05) is 25.1 Å². The Morgan fingerprint density at radius 1 is 1.23 bits per heavy atom. The SMILES string of the molecule is CCCC(=O)c1cc(C#N)c(N2CCC(C(=O)NS(=O)(=O)Cc3ccc(OC)cc3)CC2)nc1C. The molecule has 10 heteroatoms. The number of carbonyl (C=O) groups excluding carboxylic acids is 2. The van der Waals surface area contributed by atoms with Gasteiger partial charge in [-0.2, -0.15) is 5.26 Å². The Morgan fingerprint density at radius 3 is 2.46 bits per heavy atom. The van der Waals surface area contributed by atoms with Crippen LogP contribution in [0.4, 0.5) is 5.82 Å². The Kier molecular flexibility index (Phi) is 8.46. The Bertz CT molecular complexity index is 1230. The van der Waals surface area contributed by atoms with Gasteiger partial charge in [-0.25, -0.2) is 13.4 Å². The minimum absolute atomic E-state index is 0.0354. The quantitative estimate of drug-likeness (QED) is 0.522. The second kappa shape index (κ2) is 11.3. The number of methoxy groups -OCH3 is 1. The number of piperidine rings is 1. The molecule has 0 spiro atoms. The van der Waals surface area contributed by atoms with Crippen molar-refractivity contribution >= 4 is 27.5 Å². The molecule has 1 fully saturated rings. The number of ether oxygens (including phenoxy) is 1. The topological polar surface area (TPSA) is 129 Å². The molecule has 186 valence electrons. The van der Waals surface area contributed by atoms with Crippen LogP contribution in [0.15, 0.2) is 30.3 Å². The van der Waals surface area contributed by atoms with Gasteiger partial charge in [-0.15, -0.1) is 0 Å². The Labute approximate surface area is 206 Å². The Hall–Kier alpha value is -3.45. The number of amides is 1. The molecule has 3 rings (SSSR count). The Morgan fingerprint density at radius 2 is 1.89 bits per heavy atom. The van der Waals surface area contributed by atoms with Gasteiger partial charge in [0.1, 0.15) is 17.6 Å². The molecule has 1 aliphatic heterocycles. The summed E-state index contributed by atoms with van der Waals surface area (Å²) in [7, 11) is -2.32. The number of nitrogens with zero attached hydrogens (tertiary/aromatic N) is 3. The Balaban J connectivity index is 1.63. The lowest BCUT2D eigenvalue weighted by atomic mass is 9.95. The second-order valence-corrected chi connectivity index (χ2v) is 10.3. The van der Waals surface area contributed by atoms with E-state index in [9.17, 15) is 23.3 Å². The van der Waals surface area contributed by atoms with Gasteiger partial charge >= 0.3 is 0 Å². The monoisotopic (exact) mass is 498 g/mol. The highest BCUT2D eigenvalue weighted by atomic mass is 32.2. The van der Waals surface area contributed by atoms with Gasteiger partial charge in [-0.05, 0) is 49.9 Å². The minimum Gasteiger partial charge on any atom is -0.497 e. The first-order valence-electron chi connectivity index (χ1n) is 11.5. The summed E-state index contributed by atoms with van der Waals surface area (Å²) >= 11 is 0. The van der Waals surface area contributed by atoms with Gasteiger partial charge < -0.3 is 9.64 Å². The van der Waals surface area contributed by atoms with Gasteiger partial charge in [0.15, 0.2) is 5.78 Å². The van der Waals surface area contributed by atoms with Crippen LogP contribution in [0.1, 0.15) is 59.8 Å². The molecule has 0 saturated carbocycles. The maximum Gasteiger partial charge on any atom is 0.239 e. The molecule has 1 N–H and O–H groups in total. The number of benzene rings is 1. The van der Waals surface area contributed by atoms with E-state index in [1.807, 2.05) is 11.8 Å². The first kappa shape index (κ1) is 26.2. The molecule has 1 aromatic heterocycles. The van der Waals surface area contributed by atoms with Gasteiger partial charge in [0.05, 0.1) is 24.1 Å². The summed E-state index contributed by atoms with van der Waals surface area (Å²) < 4.78 is 32.3. The van der Waals surface area contributed by atoms with Crippen LogP contribution in [-0.4, -0.2) is 45.3 Å². The summed E-state index contributed by atoms with van der Waals surface area (Å²) in [6, 6.07) is 10.3. The normalized spacial score (nSPS) is 14.3. The lowest BCUT2D eigenvalue weighted by molar-refractivity contribution is -0.123. The fraction of sp³-hybridized carbons (Fsp3) is 0.440. The summed E-state index contributed by atoms with van der Waals surface area (Å²) in [4.78, 5) is 31.5. The highest BCUT2D eigenvalue weighted by Gasteiger charge is 2.29. The van der Waals surface area contributed by atoms with E-state index in [2.05, 4.69) is 15.8 Å². The summed E-state index contributed by atoms with van der Waals surface area (Å²) in [6.07, 6.45) is 1.96. The highest BCUT2D eigenvalue weighted by molar-refractivity contribution is 7.89. The van der Waals surface area contributed by atoms with Crippen LogP contribution in [0.3, 0.4) is 0 Å². The van der Waals surface area contributed by atoms with E-state index in [-0.39, 0.29) is 11.5 Å². The lowest BCUT2D eigenvalue weighted by Crippen LogP contribution is -2.43. The maximum absolute atomic E-state index is 12.7.